The molecule has 2 heterocycles. The number of aromatic nitrogens is 1. The number of carbonyl (C=O) groups is 3. The van der Waals surface area contributed by atoms with Gasteiger partial charge in [0, 0.05) is 79.6 Å². The number of phenols is 1. The van der Waals surface area contributed by atoms with Crippen LogP contribution in [0.25, 0.3) is 22.0 Å². The number of fused-ring (bicyclic) bond motifs is 1. The molecule has 1 aliphatic heterocycles. The summed E-state index contributed by atoms with van der Waals surface area (Å²) >= 11 is 0. The van der Waals surface area contributed by atoms with E-state index in [1.807, 2.05) is 98.8 Å². The van der Waals surface area contributed by atoms with Gasteiger partial charge in [-0.3, -0.25) is 19.7 Å². The van der Waals surface area contributed by atoms with Crippen LogP contribution >= 0.6 is 0 Å². The standard InChI is InChI=1S/C50H54N6O7/c1-32-13-16-36(49(61)52-37-17-14-34(15-18-37)29-33(2)51-31-45(58)40-19-21-44(57)48-41(40)20-22-46(59)54-48)30-43(32)55(3)47(60)25-28-56-26-23-38(24-27-56)63-50(62)53-42-12-8-7-11-39(42)35-9-5-4-6-10-35/h4-22,30,33,38,45,51,57-58H,23-29,31H2,1-3H3,(H,52,61)(H,53,62)(H,54,59)/t33?,45-/m0/s1. The first-order valence-corrected chi connectivity index (χ1v) is 21.3. The van der Waals surface area contributed by atoms with Crippen LogP contribution in [-0.4, -0.2) is 83.4 Å². The Kier molecular flexibility index (Phi) is 14.3. The number of nitrogens with one attached hydrogen (secondary N) is 4. The highest BCUT2D eigenvalue weighted by atomic mass is 16.6. The van der Waals surface area contributed by atoms with Crippen molar-refractivity contribution in [1.29, 1.82) is 0 Å². The Morgan fingerprint density at radius 3 is 2.38 bits per heavy atom. The minimum absolute atomic E-state index is 0.0101. The van der Waals surface area contributed by atoms with E-state index in [9.17, 15) is 29.4 Å². The van der Waals surface area contributed by atoms with Gasteiger partial charge in [0.25, 0.3) is 5.91 Å². The molecule has 0 saturated carbocycles. The number of phenolic OH excluding ortho intramolecular Hbond substituents is 1. The molecule has 2 atom stereocenters. The van der Waals surface area contributed by atoms with E-state index in [1.165, 1.54) is 12.1 Å². The highest BCUT2D eigenvalue weighted by Gasteiger charge is 2.24. The minimum Gasteiger partial charge on any atom is -0.506 e. The Morgan fingerprint density at radius 1 is 0.889 bits per heavy atom. The van der Waals surface area contributed by atoms with Gasteiger partial charge >= 0.3 is 6.09 Å². The van der Waals surface area contributed by atoms with Crippen LogP contribution in [0.15, 0.2) is 126 Å². The summed E-state index contributed by atoms with van der Waals surface area (Å²) in [5.74, 6) is -0.414. The second kappa shape index (κ2) is 20.4. The number of aryl methyl sites for hydroxylation is 1. The van der Waals surface area contributed by atoms with Crippen molar-refractivity contribution in [3.63, 3.8) is 0 Å². The summed E-state index contributed by atoms with van der Waals surface area (Å²) in [6.45, 7) is 6.17. The van der Waals surface area contributed by atoms with E-state index in [0.29, 0.717) is 84.4 Å². The molecule has 1 fully saturated rings. The highest BCUT2D eigenvalue weighted by molar-refractivity contribution is 6.06. The summed E-state index contributed by atoms with van der Waals surface area (Å²) in [5, 5.41) is 30.9. The summed E-state index contributed by atoms with van der Waals surface area (Å²) in [6, 6.07) is 36.5. The Bertz CT molecular complexity index is 2610. The lowest BCUT2D eigenvalue weighted by Crippen LogP contribution is -2.40. The molecule has 0 radical (unpaired) electrons. The number of aliphatic hydroxyl groups is 1. The van der Waals surface area contributed by atoms with Crippen molar-refractivity contribution in [2.24, 2.45) is 0 Å². The number of hydrogen-bond acceptors (Lipinski definition) is 9. The number of pyridine rings is 1. The summed E-state index contributed by atoms with van der Waals surface area (Å²) in [6.07, 6.45) is 0.751. The molecule has 1 unspecified atom stereocenters. The number of likely N-dealkylation sites (tertiary alicyclic amines) is 1. The van der Waals surface area contributed by atoms with E-state index in [0.717, 1.165) is 22.3 Å². The number of rotatable bonds is 15. The minimum atomic E-state index is -0.868. The molecule has 6 aromatic rings. The maximum absolute atomic E-state index is 13.4. The maximum atomic E-state index is 13.4. The highest BCUT2D eigenvalue weighted by Crippen LogP contribution is 2.30. The van der Waals surface area contributed by atoms with Crippen molar-refractivity contribution in [2.45, 2.75) is 57.8 Å². The number of aromatic amines is 1. The number of para-hydroxylation sites is 1. The van der Waals surface area contributed by atoms with Gasteiger partial charge in [-0.25, -0.2) is 4.79 Å². The fourth-order valence-electron chi connectivity index (χ4n) is 8.00. The topological polar surface area (TPSA) is 176 Å². The van der Waals surface area contributed by atoms with Crippen molar-refractivity contribution >= 4 is 45.9 Å². The van der Waals surface area contributed by atoms with Crippen molar-refractivity contribution in [3.05, 3.63) is 154 Å². The van der Waals surface area contributed by atoms with Gasteiger partial charge in [0.15, 0.2) is 0 Å². The fraction of sp³-hybridized carbons (Fsp3) is 0.280. The first-order chi connectivity index (χ1) is 30.4. The molecule has 1 aliphatic rings. The molecular formula is C50H54N6O7. The molecule has 13 heteroatoms. The smallest absolute Gasteiger partial charge is 0.411 e. The van der Waals surface area contributed by atoms with Gasteiger partial charge in [0.05, 0.1) is 17.3 Å². The number of hydrogen-bond donors (Lipinski definition) is 6. The van der Waals surface area contributed by atoms with Crippen molar-refractivity contribution in [3.8, 4) is 16.9 Å². The molecule has 1 aromatic heterocycles. The molecule has 0 bridgehead atoms. The second-order valence-electron chi connectivity index (χ2n) is 16.2. The van der Waals surface area contributed by atoms with Crippen molar-refractivity contribution < 1.29 is 29.3 Å². The number of ether oxygens (including phenoxy) is 1. The maximum Gasteiger partial charge on any atom is 0.411 e. The number of aromatic hydroxyl groups is 1. The molecule has 63 heavy (non-hydrogen) atoms. The molecule has 0 aliphatic carbocycles. The largest absolute Gasteiger partial charge is 0.506 e. The molecule has 1 saturated heterocycles. The van der Waals surface area contributed by atoms with Crippen LogP contribution in [-0.2, 0) is 16.0 Å². The van der Waals surface area contributed by atoms with Crippen LogP contribution in [0.5, 0.6) is 5.75 Å². The first kappa shape index (κ1) is 44.3. The van der Waals surface area contributed by atoms with Crippen LogP contribution in [0.2, 0.25) is 0 Å². The lowest BCUT2D eigenvalue weighted by molar-refractivity contribution is -0.118. The number of nitrogens with zero attached hydrogens (tertiary/aromatic N) is 2. The number of amides is 3. The Morgan fingerprint density at radius 2 is 1.62 bits per heavy atom. The van der Waals surface area contributed by atoms with Crippen LogP contribution in [0.3, 0.4) is 0 Å². The van der Waals surface area contributed by atoms with E-state index in [-0.39, 0.29) is 41.8 Å². The molecule has 6 N–H and O–H groups in total. The van der Waals surface area contributed by atoms with Crippen LogP contribution < -0.4 is 26.4 Å². The summed E-state index contributed by atoms with van der Waals surface area (Å²) < 4.78 is 5.79. The molecule has 5 aromatic carbocycles. The number of piperidine rings is 1. The normalized spacial score (nSPS) is 14.2. The molecular weight excluding hydrogens is 797 g/mol. The SMILES string of the molecule is Cc1ccc(C(=O)Nc2ccc(CC(C)NC[C@H](O)c3ccc(O)c4[nH]c(=O)ccc34)cc2)cc1N(C)C(=O)CCN1CCC(OC(=O)Nc2ccccc2-c2ccccc2)CC1. The average molecular weight is 851 g/mol. The van der Waals surface area contributed by atoms with Gasteiger partial charge in [-0.15, -0.1) is 0 Å². The van der Waals surface area contributed by atoms with Gasteiger partial charge in [0.1, 0.15) is 11.9 Å². The van der Waals surface area contributed by atoms with Gasteiger partial charge in [0.2, 0.25) is 11.5 Å². The Labute approximate surface area is 366 Å². The predicted molar refractivity (Wildman–Crippen MR) is 247 cm³/mol. The zero-order valence-electron chi connectivity index (χ0n) is 35.8. The van der Waals surface area contributed by atoms with Crippen molar-refractivity contribution in [1.82, 2.24) is 15.2 Å². The summed E-state index contributed by atoms with van der Waals surface area (Å²) in [5.41, 5.74) is 6.80. The zero-order valence-corrected chi connectivity index (χ0v) is 35.8. The third-order valence-corrected chi connectivity index (χ3v) is 11.6. The van der Waals surface area contributed by atoms with Gasteiger partial charge in [-0.2, -0.15) is 0 Å². The van der Waals surface area contributed by atoms with E-state index in [2.05, 4.69) is 25.8 Å². The molecule has 13 nitrogen and oxygen atoms in total. The number of carbonyl (C=O) groups excluding carboxylic acids is 3. The number of H-pyrrole nitrogens is 1. The first-order valence-electron chi connectivity index (χ1n) is 21.3. The molecule has 3 amide bonds. The fourth-order valence-corrected chi connectivity index (χ4v) is 8.00. The van der Waals surface area contributed by atoms with Crippen LogP contribution in [0.4, 0.5) is 21.9 Å². The molecule has 7 rings (SSSR count). The lowest BCUT2D eigenvalue weighted by Gasteiger charge is -2.32. The number of benzene rings is 5. The van der Waals surface area contributed by atoms with E-state index in [1.54, 1.807) is 36.2 Å². The molecule has 326 valence electrons. The Balaban J connectivity index is 0.843. The third-order valence-electron chi connectivity index (χ3n) is 11.6. The summed E-state index contributed by atoms with van der Waals surface area (Å²) in [7, 11) is 1.73. The lowest BCUT2D eigenvalue weighted by atomic mass is 10.0. The van der Waals surface area contributed by atoms with E-state index in [4.69, 9.17) is 4.74 Å². The van der Waals surface area contributed by atoms with Crippen LogP contribution in [0, 0.1) is 6.92 Å². The quantitative estimate of drug-likeness (QED) is 0.0603. The van der Waals surface area contributed by atoms with Crippen LogP contribution in [0.1, 0.15) is 59.3 Å². The Hall–Kier alpha value is -6.80. The third kappa shape index (κ3) is 11.4. The monoisotopic (exact) mass is 850 g/mol. The van der Waals surface area contributed by atoms with E-state index >= 15 is 0 Å². The van der Waals surface area contributed by atoms with Gasteiger partial charge < -0.3 is 40.4 Å². The van der Waals surface area contributed by atoms with Crippen molar-refractivity contribution in [2.75, 3.05) is 48.8 Å². The molecule has 0 spiro atoms. The summed E-state index contributed by atoms with van der Waals surface area (Å²) in [4.78, 5) is 57.9. The predicted octanol–water partition coefficient (Wildman–Crippen LogP) is 7.78. The second-order valence-corrected chi connectivity index (χ2v) is 16.2. The number of anilines is 3. The van der Waals surface area contributed by atoms with Gasteiger partial charge in [-0.05, 0) is 97.8 Å². The zero-order chi connectivity index (χ0) is 44.5. The van der Waals surface area contributed by atoms with Gasteiger partial charge in [-0.1, -0.05) is 72.8 Å². The number of aliphatic hydroxyl groups excluding tert-OH is 1. The van der Waals surface area contributed by atoms with E-state index < -0.39 is 12.2 Å². The average Bonchev–Trinajstić information content (AvgIpc) is 3.29.